The lowest BCUT2D eigenvalue weighted by Gasteiger charge is -2.19. The second-order valence-electron chi connectivity index (χ2n) is 3.64. The van der Waals surface area contributed by atoms with Crippen LogP contribution < -0.4 is 11.5 Å². The Morgan fingerprint density at radius 3 is 2.71 bits per heavy atom. The first kappa shape index (κ1) is 10.5. The van der Waals surface area contributed by atoms with Gasteiger partial charge in [0.1, 0.15) is 5.54 Å². The van der Waals surface area contributed by atoms with Crippen LogP contribution in [0.2, 0.25) is 0 Å². The van der Waals surface area contributed by atoms with E-state index in [9.17, 15) is 4.79 Å². The van der Waals surface area contributed by atoms with Crippen LogP contribution in [0.4, 0.5) is 5.69 Å². The molecule has 0 aliphatic heterocycles. The van der Waals surface area contributed by atoms with Crippen LogP contribution in [0.25, 0.3) is 0 Å². The van der Waals surface area contributed by atoms with Crippen molar-refractivity contribution in [2.75, 3.05) is 5.73 Å². The predicted octanol–water partition coefficient (Wildman–Crippen LogP) is 0.613. The van der Waals surface area contributed by atoms with E-state index < -0.39 is 11.5 Å². The third-order valence-corrected chi connectivity index (χ3v) is 2.01. The normalized spacial score (nSPS) is 14.7. The molecule has 0 aliphatic carbocycles. The van der Waals surface area contributed by atoms with Gasteiger partial charge in [-0.1, -0.05) is 12.1 Å². The summed E-state index contributed by atoms with van der Waals surface area (Å²) in [4.78, 5) is 10.8. The first-order valence-electron chi connectivity index (χ1n) is 4.28. The van der Waals surface area contributed by atoms with E-state index in [1.807, 2.05) is 6.07 Å². The van der Waals surface area contributed by atoms with Gasteiger partial charge >= 0.3 is 5.97 Å². The fourth-order valence-electron chi connectivity index (χ4n) is 1.20. The summed E-state index contributed by atoms with van der Waals surface area (Å²) in [5.41, 5.74) is 11.4. The summed E-state index contributed by atoms with van der Waals surface area (Å²) in [5, 5.41) is 8.82. The van der Waals surface area contributed by atoms with Crippen molar-refractivity contribution >= 4 is 11.7 Å². The Hall–Kier alpha value is -1.55. The number of anilines is 1. The number of nitrogens with two attached hydrogens (primary N) is 2. The van der Waals surface area contributed by atoms with Crippen molar-refractivity contribution in [3.8, 4) is 0 Å². The van der Waals surface area contributed by atoms with Crippen molar-refractivity contribution in [3.63, 3.8) is 0 Å². The monoisotopic (exact) mass is 194 g/mol. The Balaban J connectivity index is 2.83. The molecule has 1 aromatic carbocycles. The van der Waals surface area contributed by atoms with Crippen molar-refractivity contribution in [2.24, 2.45) is 5.73 Å². The highest BCUT2D eigenvalue weighted by molar-refractivity contribution is 5.78. The molecule has 76 valence electrons. The highest BCUT2D eigenvalue weighted by atomic mass is 16.4. The van der Waals surface area contributed by atoms with Gasteiger partial charge in [-0.2, -0.15) is 0 Å². The largest absolute Gasteiger partial charge is 0.480 e. The molecule has 4 nitrogen and oxygen atoms in total. The molecule has 0 fully saturated rings. The van der Waals surface area contributed by atoms with E-state index in [-0.39, 0.29) is 6.42 Å². The molecule has 0 saturated heterocycles. The zero-order chi connectivity index (χ0) is 10.8. The molecule has 0 heterocycles. The van der Waals surface area contributed by atoms with E-state index in [4.69, 9.17) is 16.6 Å². The molecule has 4 heteroatoms. The van der Waals surface area contributed by atoms with Crippen molar-refractivity contribution in [2.45, 2.75) is 18.9 Å². The molecule has 0 saturated carbocycles. The lowest BCUT2D eigenvalue weighted by Crippen LogP contribution is -2.46. The summed E-state index contributed by atoms with van der Waals surface area (Å²) >= 11 is 0. The minimum atomic E-state index is -1.24. The number of rotatable bonds is 3. The van der Waals surface area contributed by atoms with E-state index in [2.05, 4.69) is 0 Å². The fraction of sp³-hybridized carbons (Fsp3) is 0.300. The van der Waals surface area contributed by atoms with Gasteiger partial charge in [-0.15, -0.1) is 0 Å². The predicted molar refractivity (Wildman–Crippen MR) is 54.8 cm³/mol. The van der Waals surface area contributed by atoms with Crippen molar-refractivity contribution in [1.82, 2.24) is 0 Å². The second kappa shape index (κ2) is 3.67. The molecule has 0 aromatic heterocycles. The molecule has 14 heavy (non-hydrogen) atoms. The van der Waals surface area contributed by atoms with Crippen LogP contribution in [0, 0.1) is 0 Å². The molecule has 0 unspecified atom stereocenters. The molecular formula is C10H14N2O2. The Labute approximate surface area is 82.5 Å². The van der Waals surface area contributed by atoms with Gasteiger partial charge in [0.2, 0.25) is 0 Å². The van der Waals surface area contributed by atoms with Gasteiger partial charge in [0.15, 0.2) is 0 Å². The third-order valence-electron chi connectivity index (χ3n) is 2.01. The number of carboxylic acids is 1. The molecule has 1 rings (SSSR count). The number of benzene rings is 1. The first-order chi connectivity index (χ1) is 6.42. The van der Waals surface area contributed by atoms with E-state index >= 15 is 0 Å². The summed E-state index contributed by atoms with van der Waals surface area (Å²) in [5.74, 6) is -1.01. The number of carboxylic acid groups (broad SMARTS) is 1. The highest BCUT2D eigenvalue weighted by Crippen LogP contribution is 2.13. The fourth-order valence-corrected chi connectivity index (χ4v) is 1.20. The van der Waals surface area contributed by atoms with Gasteiger partial charge in [-0.05, 0) is 24.6 Å². The van der Waals surface area contributed by atoms with Crippen LogP contribution in [-0.2, 0) is 11.2 Å². The van der Waals surface area contributed by atoms with Crippen molar-refractivity contribution in [3.05, 3.63) is 29.8 Å². The molecule has 0 aliphatic rings. The number of hydrogen-bond acceptors (Lipinski definition) is 3. The molecule has 0 amide bonds. The zero-order valence-corrected chi connectivity index (χ0v) is 8.03. The van der Waals surface area contributed by atoms with E-state index in [1.165, 1.54) is 6.92 Å². The van der Waals surface area contributed by atoms with Gasteiger partial charge in [-0.3, -0.25) is 4.79 Å². The quantitative estimate of drug-likeness (QED) is 0.615. The SMILES string of the molecule is C[C@@](N)(Cc1cccc(N)c1)C(=O)O. The Morgan fingerprint density at radius 1 is 1.57 bits per heavy atom. The van der Waals surface area contributed by atoms with Crippen molar-refractivity contribution < 1.29 is 9.90 Å². The van der Waals surface area contributed by atoms with Gasteiger partial charge in [-0.25, -0.2) is 0 Å². The van der Waals surface area contributed by atoms with E-state index in [0.717, 1.165) is 5.56 Å². The summed E-state index contributed by atoms with van der Waals surface area (Å²) in [6, 6.07) is 7.07. The Bertz CT molecular complexity index is 348. The van der Waals surface area contributed by atoms with Crippen LogP contribution in [0.15, 0.2) is 24.3 Å². The maximum Gasteiger partial charge on any atom is 0.323 e. The molecule has 0 radical (unpaired) electrons. The lowest BCUT2D eigenvalue weighted by molar-refractivity contribution is -0.142. The summed E-state index contributed by atoms with van der Waals surface area (Å²) in [7, 11) is 0. The van der Waals surface area contributed by atoms with Crippen LogP contribution >= 0.6 is 0 Å². The lowest BCUT2D eigenvalue weighted by atomic mass is 9.94. The number of nitrogen functional groups attached to an aromatic ring is 1. The van der Waals surface area contributed by atoms with E-state index in [1.54, 1.807) is 18.2 Å². The molecular weight excluding hydrogens is 180 g/mol. The zero-order valence-electron chi connectivity index (χ0n) is 8.03. The maximum atomic E-state index is 10.8. The average molecular weight is 194 g/mol. The van der Waals surface area contributed by atoms with Crippen LogP contribution in [0.3, 0.4) is 0 Å². The molecule has 0 bridgehead atoms. The average Bonchev–Trinajstić information content (AvgIpc) is 2.02. The third kappa shape index (κ3) is 2.47. The Morgan fingerprint density at radius 2 is 2.21 bits per heavy atom. The van der Waals surface area contributed by atoms with Crippen LogP contribution in [0.5, 0.6) is 0 Å². The van der Waals surface area contributed by atoms with Crippen LogP contribution in [0.1, 0.15) is 12.5 Å². The smallest absolute Gasteiger partial charge is 0.323 e. The topological polar surface area (TPSA) is 89.3 Å². The van der Waals surface area contributed by atoms with Gasteiger partial charge in [0, 0.05) is 12.1 Å². The van der Waals surface area contributed by atoms with Crippen molar-refractivity contribution in [1.29, 1.82) is 0 Å². The van der Waals surface area contributed by atoms with Gasteiger partial charge in [0.25, 0.3) is 0 Å². The standard InChI is InChI=1S/C10H14N2O2/c1-10(12,9(13)14)6-7-3-2-4-8(11)5-7/h2-5H,6,11-12H2,1H3,(H,13,14)/t10-/m1/s1. The summed E-state index contributed by atoms with van der Waals surface area (Å²) < 4.78 is 0. The molecule has 5 N–H and O–H groups in total. The minimum absolute atomic E-state index is 0.271. The number of aliphatic carboxylic acids is 1. The summed E-state index contributed by atoms with van der Waals surface area (Å²) in [6.45, 7) is 1.48. The molecule has 1 atom stereocenters. The second-order valence-corrected chi connectivity index (χ2v) is 3.64. The molecule has 0 spiro atoms. The van der Waals surface area contributed by atoms with Gasteiger partial charge in [0.05, 0.1) is 0 Å². The maximum absolute atomic E-state index is 10.8. The summed E-state index contributed by atoms with van der Waals surface area (Å²) in [6.07, 6.45) is 0.271. The minimum Gasteiger partial charge on any atom is -0.480 e. The Kier molecular flexibility index (Phi) is 2.76. The van der Waals surface area contributed by atoms with E-state index in [0.29, 0.717) is 5.69 Å². The highest BCUT2D eigenvalue weighted by Gasteiger charge is 2.27. The first-order valence-corrected chi connectivity index (χ1v) is 4.28. The van der Waals surface area contributed by atoms with Gasteiger partial charge < -0.3 is 16.6 Å². The number of carbonyl (C=O) groups is 1. The van der Waals surface area contributed by atoms with Crippen LogP contribution in [-0.4, -0.2) is 16.6 Å². The number of hydrogen-bond donors (Lipinski definition) is 3. The molecule has 1 aromatic rings.